The summed E-state index contributed by atoms with van der Waals surface area (Å²) in [5.74, 6) is -0.225. The number of nitrogens with one attached hydrogen (secondary N) is 1. The summed E-state index contributed by atoms with van der Waals surface area (Å²) in [4.78, 5) is 14.8. The fraction of sp³-hybridized carbons (Fsp3) is 0.235. The average Bonchev–Trinajstić information content (AvgIpc) is 2.58. The van der Waals surface area contributed by atoms with Crippen molar-refractivity contribution in [2.75, 3.05) is 36.5 Å². The molecule has 1 fully saturated rings. The third-order valence-corrected chi connectivity index (χ3v) is 4.50. The van der Waals surface area contributed by atoms with Gasteiger partial charge in [-0.05, 0) is 30.3 Å². The third-order valence-electron chi connectivity index (χ3n) is 3.68. The van der Waals surface area contributed by atoms with Crippen molar-refractivity contribution >= 4 is 44.8 Å². The van der Waals surface area contributed by atoms with Crippen molar-refractivity contribution in [1.29, 1.82) is 0 Å². The highest BCUT2D eigenvalue weighted by molar-refractivity contribution is 9.10. The van der Waals surface area contributed by atoms with Crippen LogP contribution in [0, 0.1) is 0 Å². The van der Waals surface area contributed by atoms with Gasteiger partial charge in [0, 0.05) is 17.6 Å². The summed E-state index contributed by atoms with van der Waals surface area (Å²) in [6, 6.07) is 13.0. The van der Waals surface area contributed by atoms with Crippen molar-refractivity contribution < 1.29 is 9.53 Å². The molecule has 0 unspecified atom stereocenters. The van der Waals surface area contributed by atoms with Crippen LogP contribution in [-0.4, -0.2) is 32.2 Å². The molecular formula is C17H16BrClN2O2. The van der Waals surface area contributed by atoms with Gasteiger partial charge in [-0.3, -0.25) is 4.79 Å². The second kappa shape index (κ2) is 7.34. The Bertz CT molecular complexity index is 717. The molecule has 2 aromatic carbocycles. The molecule has 1 N–H and O–H groups in total. The summed E-state index contributed by atoms with van der Waals surface area (Å²) in [6.45, 7) is 3.01. The summed E-state index contributed by atoms with van der Waals surface area (Å²) in [7, 11) is 0. The molecule has 1 aliphatic heterocycles. The fourth-order valence-corrected chi connectivity index (χ4v) is 3.08. The van der Waals surface area contributed by atoms with Crippen molar-refractivity contribution in [3.63, 3.8) is 0 Å². The van der Waals surface area contributed by atoms with Crippen molar-refractivity contribution in [3.05, 3.63) is 57.5 Å². The Morgan fingerprint density at radius 1 is 1.17 bits per heavy atom. The Hall–Kier alpha value is -1.56. The van der Waals surface area contributed by atoms with Gasteiger partial charge in [-0.1, -0.05) is 39.7 Å². The molecule has 0 spiro atoms. The molecule has 23 heavy (non-hydrogen) atoms. The molecule has 1 amide bonds. The maximum Gasteiger partial charge on any atom is 0.257 e. The molecule has 1 saturated heterocycles. The van der Waals surface area contributed by atoms with Gasteiger partial charge in [0.05, 0.1) is 35.2 Å². The van der Waals surface area contributed by atoms with Crippen molar-refractivity contribution in [2.45, 2.75) is 0 Å². The molecule has 6 heteroatoms. The van der Waals surface area contributed by atoms with Gasteiger partial charge < -0.3 is 15.0 Å². The van der Waals surface area contributed by atoms with Crippen molar-refractivity contribution in [2.24, 2.45) is 0 Å². The highest BCUT2D eigenvalue weighted by atomic mass is 79.9. The van der Waals surface area contributed by atoms with E-state index in [1.807, 2.05) is 24.3 Å². The Kier molecular flexibility index (Phi) is 5.20. The first-order valence-corrected chi connectivity index (χ1v) is 8.50. The molecule has 1 aliphatic rings. The van der Waals surface area contributed by atoms with E-state index in [-0.39, 0.29) is 5.91 Å². The van der Waals surface area contributed by atoms with E-state index in [1.165, 1.54) is 0 Å². The number of hydrogen-bond donors (Lipinski definition) is 1. The maximum absolute atomic E-state index is 12.6. The molecule has 0 saturated carbocycles. The molecule has 0 aromatic heterocycles. The average molecular weight is 396 g/mol. The predicted octanol–water partition coefficient (Wildman–Crippen LogP) is 4.19. The molecule has 4 nitrogen and oxygen atoms in total. The van der Waals surface area contributed by atoms with Crippen LogP contribution in [0.5, 0.6) is 0 Å². The van der Waals surface area contributed by atoms with Crippen LogP contribution in [0.1, 0.15) is 10.4 Å². The summed E-state index contributed by atoms with van der Waals surface area (Å²) >= 11 is 9.50. The fourth-order valence-electron chi connectivity index (χ4n) is 2.52. The topological polar surface area (TPSA) is 41.6 Å². The SMILES string of the molecule is O=C(Nc1ccccc1N1CCOCC1)c1cc(Br)ccc1Cl. The lowest BCUT2D eigenvalue weighted by Gasteiger charge is -2.30. The van der Waals surface area contributed by atoms with Crippen LogP contribution in [-0.2, 0) is 4.74 Å². The zero-order valence-corrected chi connectivity index (χ0v) is 14.7. The Balaban J connectivity index is 1.85. The van der Waals surface area contributed by atoms with E-state index in [1.54, 1.807) is 18.2 Å². The number of hydrogen-bond acceptors (Lipinski definition) is 3. The van der Waals surface area contributed by atoms with Crippen LogP contribution in [0.4, 0.5) is 11.4 Å². The van der Waals surface area contributed by atoms with E-state index >= 15 is 0 Å². The summed E-state index contributed by atoms with van der Waals surface area (Å²) in [5, 5.41) is 3.39. The Morgan fingerprint density at radius 2 is 1.91 bits per heavy atom. The number of morpholine rings is 1. The van der Waals surface area contributed by atoms with Gasteiger partial charge >= 0.3 is 0 Å². The monoisotopic (exact) mass is 394 g/mol. The van der Waals surface area contributed by atoms with Gasteiger partial charge in [0.15, 0.2) is 0 Å². The van der Waals surface area contributed by atoms with E-state index < -0.39 is 0 Å². The van der Waals surface area contributed by atoms with Gasteiger partial charge in [0.2, 0.25) is 0 Å². The largest absolute Gasteiger partial charge is 0.378 e. The van der Waals surface area contributed by atoms with Crippen LogP contribution in [0.15, 0.2) is 46.9 Å². The first-order chi connectivity index (χ1) is 11.1. The minimum atomic E-state index is -0.225. The highest BCUT2D eigenvalue weighted by Gasteiger charge is 2.17. The predicted molar refractivity (Wildman–Crippen MR) is 96.6 cm³/mol. The number of nitrogens with zero attached hydrogens (tertiary/aromatic N) is 1. The normalized spacial score (nSPS) is 14.6. The Morgan fingerprint density at radius 3 is 2.70 bits per heavy atom. The lowest BCUT2D eigenvalue weighted by Crippen LogP contribution is -2.36. The number of carbonyl (C=O) groups is 1. The van der Waals surface area contributed by atoms with E-state index in [4.69, 9.17) is 16.3 Å². The van der Waals surface area contributed by atoms with Crippen LogP contribution in [0.25, 0.3) is 0 Å². The summed E-state index contributed by atoms with van der Waals surface area (Å²) in [5.41, 5.74) is 2.21. The molecule has 2 aromatic rings. The molecular weight excluding hydrogens is 380 g/mol. The molecule has 0 aliphatic carbocycles. The number of anilines is 2. The van der Waals surface area contributed by atoms with Crippen LogP contribution in [0.3, 0.4) is 0 Å². The van der Waals surface area contributed by atoms with Gasteiger partial charge in [-0.2, -0.15) is 0 Å². The standard InChI is InChI=1S/C17H16BrClN2O2/c18-12-5-6-14(19)13(11-12)17(22)20-15-3-1-2-4-16(15)21-7-9-23-10-8-21/h1-6,11H,7-10H2,(H,20,22). The molecule has 0 bridgehead atoms. The molecule has 0 radical (unpaired) electrons. The number of ether oxygens (including phenoxy) is 1. The van der Waals surface area contributed by atoms with Crippen molar-refractivity contribution in [3.8, 4) is 0 Å². The van der Waals surface area contributed by atoms with Gasteiger partial charge in [0.25, 0.3) is 5.91 Å². The first kappa shape index (κ1) is 16.3. The maximum atomic E-state index is 12.6. The Labute approximate surface area is 148 Å². The van der Waals surface area contributed by atoms with E-state index in [0.717, 1.165) is 28.9 Å². The number of halogens is 2. The van der Waals surface area contributed by atoms with E-state index in [0.29, 0.717) is 23.8 Å². The van der Waals surface area contributed by atoms with Crippen molar-refractivity contribution in [1.82, 2.24) is 0 Å². The molecule has 0 atom stereocenters. The van der Waals surface area contributed by atoms with Crippen LogP contribution in [0.2, 0.25) is 5.02 Å². The smallest absolute Gasteiger partial charge is 0.257 e. The van der Waals surface area contributed by atoms with Gasteiger partial charge in [0.1, 0.15) is 0 Å². The molecule has 1 heterocycles. The molecule has 3 rings (SSSR count). The van der Waals surface area contributed by atoms with E-state index in [2.05, 4.69) is 26.1 Å². The minimum Gasteiger partial charge on any atom is -0.378 e. The van der Waals surface area contributed by atoms with E-state index in [9.17, 15) is 4.79 Å². The summed E-state index contributed by atoms with van der Waals surface area (Å²) < 4.78 is 6.20. The zero-order valence-electron chi connectivity index (χ0n) is 12.4. The first-order valence-electron chi connectivity index (χ1n) is 7.33. The number of benzene rings is 2. The minimum absolute atomic E-state index is 0.225. The lowest BCUT2D eigenvalue weighted by molar-refractivity contribution is 0.102. The summed E-state index contributed by atoms with van der Waals surface area (Å²) in [6.07, 6.45) is 0. The van der Waals surface area contributed by atoms with Gasteiger partial charge in [-0.15, -0.1) is 0 Å². The quantitative estimate of drug-likeness (QED) is 0.847. The van der Waals surface area contributed by atoms with Crippen LogP contribution < -0.4 is 10.2 Å². The zero-order chi connectivity index (χ0) is 16.2. The number of rotatable bonds is 3. The number of para-hydroxylation sites is 2. The highest BCUT2D eigenvalue weighted by Crippen LogP contribution is 2.28. The van der Waals surface area contributed by atoms with Crippen LogP contribution >= 0.6 is 27.5 Å². The number of carbonyl (C=O) groups excluding carboxylic acids is 1. The molecule has 120 valence electrons. The second-order valence-corrected chi connectivity index (χ2v) is 6.52. The van der Waals surface area contributed by atoms with Gasteiger partial charge in [-0.25, -0.2) is 0 Å². The third kappa shape index (κ3) is 3.86. The number of amides is 1. The lowest BCUT2D eigenvalue weighted by atomic mass is 10.2. The second-order valence-electron chi connectivity index (χ2n) is 5.19.